The third-order valence-electron chi connectivity index (χ3n) is 5.26. The van der Waals surface area contributed by atoms with Crippen molar-refractivity contribution in [3.8, 4) is 0 Å². The van der Waals surface area contributed by atoms with Crippen molar-refractivity contribution in [2.24, 2.45) is 4.99 Å². The molecule has 1 aromatic rings. The average molecular weight is 472 g/mol. The van der Waals surface area contributed by atoms with Crippen LogP contribution < -0.4 is 10.6 Å². The van der Waals surface area contributed by atoms with E-state index < -0.39 is 0 Å². The average Bonchev–Trinajstić information content (AvgIpc) is 2.60. The number of likely N-dealkylation sites (tertiary alicyclic amines) is 1. The van der Waals surface area contributed by atoms with E-state index in [1.165, 1.54) is 50.0 Å². The summed E-state index contributed by atoms with van der Waals surface area (Å²) in [7, 11) is 1.86. The zero-order chi connectivity index (χ0) is 18.3. The van der Waals surface area contributed by atoms with E-state index in [4.69, 9.17) is 0 Å². The van der Waals surface area contributed by atoms with Gasteiger partial charge in [-0.15, -0.1) is 24.0 Å². The number of aliphatic imine (C=N–C) groups is 1. The highest BCUT2D eigenvalue weighted by Crippen LogP contribution is 2.25. The van der Waals surface area contributed by atoms with Crippen molar-refractivity contribution < 1.29 is 0 Å². The highest BCUT2D eigenvalue weighted by molar-refractivity contribution is 14.0. The van der Waals surface area contributed by atoms with Crippen molar-refractivity contribution in [3.05, 3.63) is 35.4 Å². The second-order valence-corrected chi connectivity index (χ2v) is 7.88. The zero-order valence-electron chi connectivity index (χ0n) is 17.1. The summed E-state index contributed by atoms with van der Waals surface area (Å²) >= 11 is 0. The quantitative estimate of drug-likeness (QED) is 0.375. The van der Waals surface area contributed by atoms with Crippen LogP contribution in [0.15, 0.2) is 29.3 Å². The van der Waals surface area contributed by atoms with Gasteiger partial charge in [-0.05, 0) is 43.9 Å². The minimum absolute atomic E-state index is 0. The van der Waals surface area contributed by atoms with E-state index in [0.29, 0.717) is 6.04 Å². The molecule has 148 valence electrons. The van der Waals surface area contributed by atoms with Crippen LogP contribution in [-0.2, 0) is 5.41 Å². The molecule has 0 aliphatic carbocycles. The molecule has 0 bridgehead atoms. The summed E-state index contributed by atoms with van der Waals surface area (Å²) in [5.41, 5.74) is 2.80. The number of aryl methyl sites for hydroxylation is 1. The van der Waals surface area contributed by atoms with Crippen LogP contribution in [0.25, 0.3) is 0 Å². The Labute approximate surface area is 177 Å². The molecule has 1 aromatic carbocycles. The lowest BCUT2D eigenvalue weighted by Crippen LogP contribution is -2.50. The molecule has 1 saturated heterocycles. The predicted molar refractivity (Wildman–Crippen MR) is 124 cm³/mol. The Morgan fingerprint density at radius 1 is 1.23 bits per heavy atom. The SMILES string of the molecule is CCCN1CCC(NC(=NC)NCC(C)(C)c2ccccc2C)CC1.I. The van der Waals surface area contributed by atoms with Gasteiger partial charge in [-0.1, -0.05) is 45.0 Å². The van der Waals surface area contributed by atoms with Crippen LogP contribution in [0, 0.1) is 6.92 Å². The number of guanidine groups is 1. The van der Waals surface area contributed by atoms with Gasteiger partial charge in [-0.25, -0.2) is 0 Å². The topological polar surface area (TPSA) is 39.7 Å². The monoisotopic (exact) mass is 472 g/mol. The van der Waals surface area contributed by atoms with E-state index in [2.05, 4.69) is 72.5 Å². The van der Waals surface area contributed by atoms with Crippen molar-refractivity contribution in [2.75, 3.05) is 33.2 Å². The molecule has 0 amide bonds. The zero-order valence-corrected chi connectivity index (χ0v) is 19.5. The molecule has 0 radical (unpaired) electrons. The van der Waals surface area contributed by atoms with Gasteiger partial charge >= 0.3 is 0 Å². The lowest BCUT2D eigenvalue weighted by atomic mass is 9.82. The largest absolute Gasteiger partial charge is 0.356 e. The molecule has 26 heavy (non-hydrogen) atoms. The smallest absolute Gasteiger partial charge is 0.191 e. The molecule has 1 heterocycles. The number of nitrogens with one attached hydrogen (secondary N) is 2. The normalized spacial score (nSPS) is 16.9. The number of hydrogen-bond donors (Lipinski definition) is 2. The molecule has 0 spiro atoms. The van der Waals surface area contributed by atoms with Gasteiger partial charge in [0.2, 0.25) is 0 Å². The molecule has 2 N–H and O–H groups in total. The number of nitrogens with zero attached hydrogens (tertiary/aromatic N) is 2. The van der Waals surface area contributed by atoms with Crippen molar-refractivity contribution in [1.82, 2.24) is 15.5 Å². The molecular weight excluding hydrogens is 435 g/mol. The third kappa shape index (κ3) is 6.72. The molecule has 1 aliphatic heterocycles. The van der Waals surface area contributed by atoms with Crippen LogP contribution in [0.3, 0.4) is 0 Å². The maximum Gasteiger partial charge on any atom is 0.191 e. The Balaban J connectivity index is 0.00000338. The van der Waals surface area contributed by atoms with Gasteiger partial charge in [0.05, 0.1) is 0 Å². The first-order valence-electron chi connectivity index (χ1n) is 9.72. The molecule has 1 fully saturated rings. The summed E-state index contributed by atoms with van der Waals surface area (Å²) in [5, 5.41) is 7.16. The van der Waals surface area contributed by atoms with Crippen LogP contribution in [0.4, 0.5) is 0 Å². The molecule has 2 rings (SSSR count). The van der Waals surface area contributed by atoms with Gasteiger partial charge in [0.25, 0.3) is 0 Å². The van der Waals surface area contributed by atoms with Gasteiger partial charge in [-0.2, -0.15) is 0 Å². The molecule has 0 atom stereocenters. The Morgan fingerprint density at radius 3 is 2.46 bits per heavy atom. The number of rotatable bonds is 6. The Bertz CT molecular complexity index is 563. The fourth-order valence-electron chi connectivity index (χ4n) is 3.74. The Morgan fingerprint density at radius 2 is 1.88 bits per heavy atom. The summed E-state index contributed by atoms with van der Waals surface area (Å²) in [6.07, 6.45) is 3.64. The van der Waals surface area contributed by atoms with Gasteiger partial charge in [0.15, 0.2) is 5.96 Å². The summed E-state index contributed by atoms with van der Waals surface area (Å²) in [6, 6.07) is 9.18. The van der Waals surface area contributed by atoms with E-state index in [-0.39, 0.29) is 29.4 Å². The molecular formula is C21H37IN4. The number of piperidine rings is 1. The Kier molecular flexibility index (Phi) is 9.93. The van der Waals surface area contributed by atoms with E-state index in [1.807, 2.05) is 7.05 Å². The van der Waals surface area contributed by atoms with Gasteiger partial charge in [0.1, 0.15) is 0 Å². The van der Waals surface area contributed by atoms with Gasteiger partial charge < -0.3 is 15.5 Å². The fourth-order valence-corrected chi connectivity index (χ4v) is 3.74. The van der Waals surface area contributed by atoms with Gasteiger partial charge in [-0.3, -0.25) is 4.99 Å². The van der Waals surface area contributed by atoms with E-state index in [0.717, 1.165) is 12.5 Å². The molecule has 0 aromatic heterocycles. The second kappa shape index (κ2) is 11.1. The maximum atomic E-state index is 4.44. The lowest BCUT2D eigenvalue weighted by Gasteiger charge is -2.33. The molecule has 0 unspecified atom stereocenters. The van der Waals surface area contributed by atoms with Crippen LogP contribution in [0.1, 0.15) is 51.2 Å². The number of hydrogen-bond acceptors (Lipinski definition) is 2. The molecule has 0 saturated carbocycles. The summed E-state index contributed by atoms with van der Waals surface area (Å²) in [4.78, 5) is 7.00. The van der Waals surface area contributed by atoms with E-state index >= 15 is 0 Å². The second-order valence-electron chi connectivity index (χ2n) is 7.88. The first kappa shape index (κ1) is 23.2. The molecule has 1 aliphatic rings. The molecule has 4 nitrogen and oxygen atoms in total. The maximum absolute atomic E-state index is 4.44. The summed E-state index contributed by atoms with van der Waals surface area (Å²) < 4.78 is 0. The fraction of sp³-hybridized carbons (Fsp3) is 0.667. The molecule has 5 heteroatoms. The highest BCUT2D eigenvalue weighted by Gasteiger charge is 2.24. The van der Waals surface area contributed by atoms with Crippen LogP contribution in [0.2, 0.25) is 0 Å². The van der Waals surface area contributed by atoms with E-state index in [1.54, 1.807) is 0 Å². The van der Waals surface area contributed by atoms with Gasteiger partial charge in [0, 0.05) is 38.1 Å². The first-order valence-corrected chi connectivity index (χ1v) is 9.72. The van der Waals surface area contributed by atoms with Crippen molar-refractivity contribution in [2.45, 2.75) is 58.4 Å². The highest BCUT2D eigenvalue weighted by atomic mass is 127. The predicted octanol–water partition coefficient (Wildman–Crippen LogP) is 3.93. The van der Waals surface area contributed by atoms with Crippen molar-refractivity contribution >= 4 is 29.9 Å². The van der Waals surface area contributed by atoms with Crippen LogP contribution >= 0.6 is 24.0 Å². The van der Waals surface area contributed by atoms with Crippen molar-refractivity contribution in [3.63, 3.8) is 0 Å². The third-order valence-corrected chi connectivity index (χ3v) is 5.26. The first-order chi connectivity index (χ1) is 12.0. The number of halogens is 1. The van der Waals surface area contributed by atoms with Crippen LogP contribution in [0.5, 0.6) is 0 Å². The van der Waals surface area contributed by atoms with E-state index in [9.17, 15) is 0 Å². The number of benzene rings is 1. The van der Waals surface area contributed by atoms with Crippen molar-refractivity contribution in [1.29, 1.82) is 0 Å². The Hall–Kier alpha value is -0.820. The van der Waals surface area contributed by atoms with Crippen LogP contribution in [-0.4, -0.2) is 50.1 Å². The minimum Gasteiger partial charge on any atom is -0.356 e. The summed E-state index contributed by atoms with van der Waals surface area (Å²) in [5.74, 6) is 0.926. The summed E-state index contributed by atoms with van der Waals surface area (Å²) in [6.45, 7) is 13.5. The minimum atomic E-state index is 0. The standard InChI is InChI=1S/C21H36N4.HI/c1-6-13-25-14-11-18(12-15-25)24-20(22-5)23-16-21(3,4)19-10-8-7-9-17(19)2;/h7-10,18H,6,11-16H2,1-5H3,(H2,22,23,24);1H. The lowest BCUT2D eigenvalue weighted by molar-refractivity contribution is 0.206.